The van der Waals surface area contributed by atoms with Gasteiger partial charge < -0.3 is 14.7 Å². The number of hydrogen-bond acceptors (Lipinski definition) is 3. The molecule has 1 amide bonds. The van der Waals surface area contributed by atoms with Crippen LogP contribution in [0.25, 0.3) is 0 Å². The third-order valence-electron chi connectivity index (χ3n) is 4.80. The van der Waals surface area contributed by atoms with Gasteiger partial charge in [0.25, 0.3) is 0 Å². The second kappa shape index (κ2) is 10.2. The van der Waals surface area contributed by atoms with Gasteiger partial charge in [0.15, 0.2) is 0 Å². The lowest BCUT2D eigenvalue weighted by molar-refractivity contribution is -0.132. The van der Waals surface area contributed by atoms with Gasteiger partial charge in [-0.25, -0.2) is 0 Å². The summed E-state index contributed by atoms with van der Waals surface area (Å²) >= 11 is 0. The molecule has 0 unspecified atom stereocenters. The zero-order valence-corrected chi connectivity index (χ0v) is 15.9. The fourth-order valence-electron chi connectivity index (χ4n) is 3.05. The molecule has 1 aromatic carbocycles. The molecule has 1 saturated heterocycles. The van der Waals surface area contributed by atoms with Crippen molar-refractivity contribution in [3.05, 3.63) is 35.9 Å². The van der Waals surface area contributed by atoms with Crippen molar-refractivity contribution in [2.24, 2.45) is 0 Å². The van der Waals surface area contributed by atoms with Crippen molar-refractivity contribution in [3.8, 4) is 11.8 Å². The van der Waals surface area contributed by atoms with Gasteiger partial charge in [-0.15, -0.1) is 0 Å². The molecule has 0 aromatic heterocycles. The van der Waals surface area contributed by atoms with Gasteiger partial charge in [-0.05, 0) is 32.6 Å². The quantitative estimate of drug-likeness (QED) is 0.743. The fourth-order valence-corrected chi connectivity index (χ4v) is 3.05. The number of amides is 1. The van der Waals surface area contributed by atoms with Crippen molar-refractivity contribution >= 4 is 5.91 Å². The standard InChI is InChI=1S/C21H31N3O/c1-4-5-13-24(14-9-12-19-10-7-6-8-11-19)21(25)17-20-18-22(2)15-16-23(20)3/h6-8,10-11,20H,4-5,13-18H2,1-3H3/t20-/m0/s1. The first-order chi connectivity index (χ1) is 12.1. The predicted octanol–water partition coefficient (Wildman–Crippen LogP) is 2.30. The van der Waals surface area contributed by atoms with E-state index in [0.717, 1.165) is 44.6 Å². The van der Waals surface area contributed by atoms with E-state index in [1.54, 1.807) is 0 Å². The Labute approximate surface area is 152 Å². The van der Waals surface area contributed by atoms with Crippen molar-refractivity contribution in [3.63, 3.8) is 0 Å². The molecule has 1 aliphatic heterocycles. The van der Waals surface area contributed by atoms with Gasteiger partial charge in [-0.1, -0.05) is 43.4 Å². The van der Waals surface area contributed by atoms with E-state index in [2.05, 4.69) is 42.7 Å². The minimum absolute atomic E-state index is 0.225. The summed E-state index contributed by atoms with van der Waals surface area (Å²) in [5.74, 6) is 6.57. The Morgan fingerprint density at radius 3 is 2.72 bits per heavy atom. The average Bonchev–Trinajstić information content (AvgIpc) is 2.62. The lowest BCUT2D eigenvalue weighted by atomic mass is 10.1. The molecule has 1 aliphatic rings. The van der Waals surface area contributed by atoms with Crippen LogP contribution in [0.2, 0.25) is 0 Å². The van der Waals surface area contributed by atoms with Crippen molar-refractivity contribution in [2.45, 2.75) is 32.2 Å². The molecule has 2 rings (SSSR count). The number of piperazine rings is 1. The van der Waals surface area contributed by atoms with Crippen LogP contribution in [-0.4, -0.2) is 73.5 Å². The van der Waals surface area contributed by atoms with Gasteiger partial charge in [-0.2, -0.15) is 0 Å². The largest absolute Gasteiger partial charge is 0.331 e. The maximum absolute atomic E-state index is 12.8. The summed E-state index contributed by atoms with van der Waals surface area (Å²) in [7, 11) is 4.25. The van der Waals surface area contributed by atoms with Crippen molar-refractivity contribution in [1.29, 1.82) is 0 Å². The molecule has 1 aromatic rings. The molecule has 25 heavy (non-hydrogen) atoms. The first kappa shape index (κ1) is 19.5. The molecule has 4 nitrogen and oxygen atoms in total. The topological polar surface area (TPSA) is 26.8 Å². The Hall–Kier alpha value is -1.83. The molecule has 0 radical (unpaired) electrons. The highest BCUT2D eigenvalue weighted by Crippen LogP contribution is 2.12. The number of likely N-dealkylation sites (N-methyl/N-ethyl adjacent to an activating group) is 2. The first-order valence-corrected chi connectivity index (χ1v) is 9.30. The number of unbranched alkanes of at least 4 members (excludes halogenated alkanes) is 1. The van der Waals surface area contributed by atoms with Crippen molar-refractivity contribution in [1.82, 2.24) is 14.7 Å². The van der Waals surface area contributed by atoms with Gasteiger partial charge in [0.1, 0.15) is 0 Å². The monoisotopic (exact) mass is 341 g/mol. The molecule has 0 spiro atoms. The Bertz CT molecular complexity index is 590. The van der Waals surface area contributed by atoms with Crippen LogP contribution < -0.4 is 0 Å². The second-order valence-electron chi connectivity index (χ2n) is 6.94. The van der Waals surface area contributed by atoms with Gasteiger partial charge in [0, 0.05) is 44.2 Å². The molecule has 136 valence electrons. The molecule has 0 N–H and O–H groups in total. The van der Waals surface area contributed by atoms with Crippen molar-refractivity contribution in [2.75, 3.05) is 46.8 Å². The van der Waals surface area contributed by atoms with Crippen LogP contribution in [0.3, 0.4) is 0 Å². The summed E-state index contributed by atoms with van der Waals surface area (Å²) in [6.07, 6.45) is 2.69. The molecular formula is C21H31N3O. The van der Waals surface area contributed by atoms with Crippen LogP contribution >= 0.6 is 0 Å². The highest BCUT2D eigenvalue weighted by Gasteiger charge is 2.26. The number of nitrogens with zero attached hydrogens (tertiary/aromatic N) is 3. The molecule has 0 aliphatic carbocycles. The molecule has 1 atom stereocenters. The van der Waals surface area contributed by atoms with Crippen LogP contribution in [0, 0.1) is 11.8 Å². The Kier molecular flexibility index (Phi) is 7.97. The molecule has 1 fully saturated rings. The predicted molar refractivity (Wildman–Crippen MR) is 103 cm³/mol. The van der Waals surface area contributed by atoms with Gasteiger partial charge in [0.05, 0.1) is 6.54 Å². The van der Waals surface area contributed by atoms with E-state index in [-0.39, 0.29) is 5.91 Å². The summed E-state index contributed by atoms with van der Waals surface area (Å²) in [5.41, 5.74) is 0.999. The highest BCUT2D eigenvalue weighted by molar-refractivity contribution is 5.77. The first-order valence-electron chi connectivity index (χ1n) is 9.30. The summed E-state index contributed by atoms with van der Waals surface area (Å²) in [6, 6.07) is 10.3. The normalized spacial score (nSPS) is 18.4. The Balaban J connectivity index is 1.95. The van der Waals surface area contributed by atoms with Crippen molar-refractivity contribution < 1.29 is 4.79 Å². The third kappa shape index (κ3) is 6.53. The number of rotatable bonds is 6. The fraction of sp³-hybridized carbons (Fsp3) is 0.571. The van der Waals surface area contributed by atoms with E-state index in [4.69, 9.17) is 0 Å². The maximum Gasteiger partial charge on any atom is 0.224 e. The smallest absolute Gasteiger partial charge is 0.224 e. The van der Waals surface area contributed by atoms with Crippen LogP contribution in [0.5, 0.6) is 0 Å². The summed E-state index contributed by atoms with van der Waals surface area (Å²) in [6.45, 7) is 6.52. The lowest BCUT2D eigenvalue weighted by Gasteiger charge is -2.38. The van der Waals surface area contributed by atoms with Crippen LogP contribution in [0.1, 0.15) is 31.7 Å². The lowest BCUT2D eigenvalue weighted by Crippen LogP contribution is -2.51. The van der Waals surface area contributed by atoms with E-state index in [1.165, 1.54) is 0 Å². The zero-order chi connectivity index (χ0) is 18.1. The number of carbonyl (C=O) groups excluding carboxylic acids is 1. The van der Waals surface area contributed by atoms with Gasteiger partial charge in [0.2, 0.25) is 5.91 Å². The number of benzene rings is 1. The van der Waals surface area contributed by atoms with E-state index in [1.807, 2.05) is 35.2 Å². The summed E-state index contributed by atoms with van der Waals surface area (Å²) in [5, 5.41) is 0. The van der Waals surface area contributed by atoms with Gasteiger partial charge >= 0.3 is 0 Å². The minimum Gasteiger partial charge on any atom is -0.331 e. The minimum atomic E-state index is 0.225. The average molecular weight is 341 g/mol. The maximum atomic E-state index is 12.8. The molecule has 4 heteroatoms. The van der Waals surface area contributed by atoms with E-state index in [9.17, 15) is 4.79 Å². The molecular weight excluding hydrogens is 310 g/mol. The van der Waals surface area contributed by atoms with E-state index < -0.39 is 0 Å². The second-order valence-corrected chi connectivity index (χ2v) is 6.94. The third-order valence-corrected chi connectivity index (χ3v) is 4.80. The highest BCUT2D eigenvalue weighted by atomic mass is 16.2. The SMILES string of the molecule is CCCCN(CC#Cc1ccccc1)C(=O)C[C@H]1CN(C)CCN1C. The zero-order valence-electron chi connectivity index (χ0n) is 15.9. The van der Waals surface area contributed by atoms with Gasteiger partial charge in [-0.3, -0.25) is 4.79 Å². The van der Waals surface area contributed by atoms with Crippen LogP contribution in [0.4, 0.5) is 0 Å². The molecule has 0 saturated carbocycles. The van der Waals surface area contributed by atoms with E-state index in [0.29, 0.717) is 19.0 Å². The summed E-state index contributed by atoms with van der Waals surface area (Å²) < 4.78 is 0. The Morgan fingerprint density at radius 2 is 2.00 bits per heavy atom. The number of carbonyl (C=O) groups is 1. The Morgan fingerprint density at radius 1 is 1.24 bits per heavy atom. The molecule has 0 bridgehead atoms. The molecule has 1 heterocycles. The number of hydrogen-bond donors (Lipinski definition) is 0. The summed E-state index contributed by atoms with van der Waals surface area (Å²) in [4.78, 5) is 19.4. The van der Waals surface area contributed by atoms with Crippen LogP contribution in [-0.2, 0) is 4.79 Å². The van der Waals surface area contributed by atoms with E-state index >= 15 is 0 Å². The van der Waals surface area contributed by atoms with Crippen LogP contribution in [0.15, 0.2) is 30.3 Å².